The van der Waals surface area contributed by atoms with Crippen LogP contribution in [0.25, 0.3) is 0 Å². The summed E-state index contributed by atoms with van der Waals surface area (Å²) in [5, 5.41) is 17.4. The van der Waals surface area contributed by atoms with Crippen LogP contribution >= 0.6 is 0 Å². The number of methoxy groups -OCH3 is 1. The van der Waals surface area contributed by atoms with Gasteiger partial charge >= 0.3 is 0 Å². The number of benzene rings is 2. The van der Waals surface area contributed by atoms with Gasteiger partial charge in [0.25, 0.3) is 11.6 Å². The molecular formula is C19H16FN3O6. The van der Waals surface area contributed by atoms with Gasteiger partial charge in [-0.1, -0.05) is 17.3 Å². The number of para-hydroxylation sites is 1. The fourth-order valence-electron chi connectivity index (χ4n) is 2.53. The maximum absolute atomic E-state index is 13.7. The van der Waals surface area contributed by atoms with E-state index in [1.165, 1.54) is 43.5 Å². The number of nitrogens with zero attached hydrogens (tertiary/aromatic N) is 2. The van der Waals surface area contributed by atoms with E-state index in [0.29, 0.717) is 11.3 Å². The third kappa shape index (κ3) is 4.32. The molecule has 3 rings (SSSR count). The lowest BCUT2D eigenvalue weighted by Crippen LogP contribution is -2.16. The number of carbonyl (C=O) groups excluding carboxylic acids is 1. The highest BCUT2D eigenvalue weighted by Crippen LogP contribution is 2.30. The Hall–Kier alpha value is -3.95. The number of aromatic nitrogens is 1. The van der Waals surface area contributed by atoms with E-state index < -0.39 is 16.6 Å². The van der Waals surface area contributed by atoms with Gasteiger partial charge in [0.05, 0.1) is 23.7 Å². The Morgan fingerprint density at radius 2 is 2.07 bits per heavy atom. The summed E-state index contributed by atoms with van der Waals surface area (Å²) in [4.78, 5) is 23.3. The predicted molar refractivity (Wildman–Crippen MR) is 99.6 cm³/mol. The van der Waals surface area contributed by atoms with E-state index in [0.717, 1.165) is 0 Å². The number of anilines is 1. The molecule has 0 saturated carbocycles. The van der Waals surface area contributed by atoms with Crippen LogP contribution in [0, 0.1) is 22.9 Å². The standard InChI is InChI=1S/C19H16FN3O6/c1-11-13(10-28-17-6-4-3-5-14(17)20)18(22-29-11)19(24)21-15-8-7-12(27-2)9-16(15)23(25)26/h3-9H,10H2,1-2H3,(H,21,24). The first-order valence-corrected chi connectivity index (χ1v) is 8.37. The van der Waals surface area contributed by atoms with E-state index >= 15 is 0 Å². The second kappa shape index (κ2) is 8.38. The summed E-state index contributed by atoms with van der Waals surface area (Å²) in [5.74, 6) is -0.712. The number of carbonyl (C=O) groups is 1. The Kier molecular flexibility index (Phi) is 5.72. The van der Waals surface area contributed by atoms with Crippen molar-refractivity contribution in [3.8, 4) is 11.5 Å². The molecule has 0 unspecified atom stereocenters. The number of ether oxygens (including phenoxy) is 2. The molecule has 0 fully saturated rings. The van der Waals surface area contributed by atoms with Crippen molar-refractivity contribution in [1.29, 1.82) is 0 Å². The number of nitro groups is 1. The van der Waals surface area contributed by atoms with Crippen LogP contribution in [0.15, 0.2) is 47.0 Å². The monoisotopic (exact) mass is 401 g/mol. The lowest BCUT2D eigenvalue weighted by Gasteiger charge is -2.09. The Morgan fingerprint density at radius 3 is 2.76 bits per heavy atom. The maximum Gasteiger partial charge on any atom is 0.296 e. The van der Waals surface area contributed by atoms with Crippen molar-refractivity contribution in [3.63, 3.8) is 0 Å². The zero-order valence-corrected chi connectivity index (χ0v) is 15.5. The SMILES string of the molecule is COc1ccc(NC(=O)c2noc(C)c2COc2ccccc2F)c([N+](=O)[O-])c1. The molecule has 1 heterocycles. The zero-order chi connectivity index (χ0) is 21.0. The smallest absolute Gasteiger partial charge is 0.296 e. The number of rotatable bonds is 7. The third-order valence-corrected chi connectivity index (χ3v) is 4.06. The minimum Gasteiger partial charge on any atom is -0.496 e. The minimum atomic E-state index is -0.734. The summed E-state index contributed by atoms with van der Waals surface area (Å²) in [6.45, 7) is 1.39. The zero-order valence-electron chi connectivity index (χ0n) is 15.5. The van der Waals surface area contributed by atoms with Crippen LogP contribution in [0.2, 0.25) is 0 Å². The second-order valence-corrected chi connectivity index (χ2v) is 5.88. The van der Waals surface area contributed by atoms with Crippen molar-refractivity contribution in [3.05, 3.63) is 75.4 Å². The Morgan fingerprint density at radius 1 is 1.31 bits per heavy atom. The van der Waals surface area contributed by atoms with Crippen molar-refractivity contribution in [2.45, 2.75) is 13.5 Å². The number of hydrogen-bond donors (Lipinski definition) is 1. The summed E-state index contributed by atoms with van der Waals surface area (Å²) >= 11 is 0. The fourth-order valence-corrected chi connectivity index (χ4v) is 2.53. The van der Waals surface area contributed by atoms with Crippen molar-refractivity contribution < 1.29 is 28.1 Å². The van der Waals surface area contributed by atoms with Gasteiger partial charge in [0.15, 0.2) is 17.3 Å². The largest absolute Gasteiger partial charge is 0.496 e. The summed E-state index contributed by atoms with van der Waals surface area (Å²) in [6.07, 6.45) is 0. The predicted octanol–water partition coefficient (Wildman–Crippen LogP) is 3.87. The molecule has 1 amide bonds. The quantitative estimate of drug-likeness (QED) is 0.472. The van der Waals surface area contributed by atoms with Gasteiger partial charge in [0.1, 0.15) is 23.8 Å². The first-order chi connectivity index (χ1) is 13.9. The fraction of sp³-hybridized carbons (Fsp3) is 0.158. The van der Waals surface area contributed by atoms with Crippen molar-refractivity contribution in [1.82, 2.24) is 5.16 Å². The van der Waals surface area contributed by atoms with E-state index in [1.807, 2.05) is 0 Å². The number of hydrogen-bond acceptors (Lipinski definition) is 7. The average Bonchev–Trinajstić information content (AvgIpc) is 3.08. The minimum absolute atomic E-state index is 0.00486. The first-order valence-electron chi connectivity index (χ1n) is 8.37. The number of nitro benzene ring substituents is 1. The molecule has 0 aliphatic carbocycles. The van der Waals surface area contributed by atoms with Crippen LogP contribution in [-0.4, -0.2) is 23.1 Å². The van der Waals surface area contributed by atoms with Crippen molar-refractivity contribution >= 4 is 17.3 Å². The van der Waals surface area contributed by atoms with E-state index in [4.69, 9.17) is 14.0 Å². The highest BCUT2D eigenvalue weighted by molar-refractivity contribution is 6.05. The van der Waals surface area contributed by atoms with E-state index in [1.54, 1.807) is 13.0 Å². The van der Waals surface area contributed by atoms with Crippen LogP contribution in [0.3, 0.4) is 0 Å². The number of aryl methyl sites for hydroxylation is 1. The molecule has 0 radical (unpaired) electrons. The molecule has 0 spiro atoms. The molecule has 10 heteroatoms. The highest BCUT2D eigenvalue weighted by Gasteiger charge is 2.24. The lowest BCUT2D eigenvalue weighted by atomic mass is 10.2. The molecule has 1 N–H and O–H groups in total. The molecular weight excluding hydrogens is 385 g/mol. The van der Waals surface area contributed by atoms with Gasteiger partial charge in [-0.25, -0.2) is 4.39 Å². The van der Waals surface area contributed by atoms with Crippen LogP contribution in [0.4, 0.5) is 15.8 Å². The normalized spacial score (nSPS) is 10.4. The van der Waals surface area contributed by atoms with Gasteiger partial charge in [0, 0.05) is 0 Å². The van der Waals surface area contributed by atoms with Crippen molar-refractivity contribution in [2.24, 2.45) is 0 Å². The highest BCUT2D eigenvalue weighted by atomic mass is 19.1. The summed E-state index contributed by atoms with van der Waals surface area (Å²) in [6, 6.07) is 9.82. The van der Waals surface area contributed by atoms with E-state index in [-0.39, 0.29) is 35.2 Å². The van der Waals surface area contributed by atoms with Crippen LogP contribution in [0.5, 0.6) is 11.5 Å². The molecule has 0 aliphatic heterocycles. The van der Waals surface area contributed by atoms with Gasteiger partial charge < -0.3 is 19.3 Å². The Bertz CT molecular complexity index is 1070. The van der Waals surface area contributed by atoms with Gasteiger partial charge in [-0.15, -0.1) is 0 Å². The molecule has 3 aromatic rings. The number of amides is 1. The molecule has 0 atom stereocenters. The number of halogens is 1. The summed E-state index contributed by atoms with van der Waals surface area (Å²) in [7, 11) is 1.37. The lowest BCUT2D eigenvalue weighted by molar-refractivity contribution is -0.384. The van der Waals surface area contributed by atoms with Crippen molar-refractivity contribution in [2.75, 3.05) is 12.4 Å². The molecule has 150 valence electrons. The molecule has 9 nitrogen and oxygen atoms in total. The average molecular weight is 401 g/mol. The van der Waals surface area contributed by atoms with Gasteiger partial charge in [-0.2, -0.15) is 0 Å². The third-order valence-electron chi connectivity index (χ3n) is 4.06. The van der Waals surface area contributed by atoms with Crippen LogP contribution < -0.4 is 14.8 Å². The van der Waals surface area contributed by atoms with Gasteiger partial charge in [0.2, 0.25) is 0 Å². The topological polar surface area (TPSA) is 117 Å². The molecule has 0 aliphatic rings. The van der Waals surface area contributed by atoms with E-state index in [9.17, 15) is 19.3 Å². The first kappa shape index (κ1) is 19.8. The Labute approximate surface area is 164 Å². The maximum atomic E-state index is 13.7. The summed E-state index contributed by atoms with van der Waals surface area (Å²) in [5.41, 5.74) is -0.213. The summed E-state index contributed by atoms with van der Waals surface area (Å²) < 4.78 is 29.2. The second-order valence-electron chi connectivity index (χ2n) is 5.88. The molecule has 29 heavy (non-hydrogen) atoms. The molecule has 0 bridgehead atoms. The molecule has 2 aromatic carbocycles. The van der Waals surface area contributed by atoms with Crippen LogP contribution in [0.1, 0.15) is 21.8 Å². The number of nitrogens with one attached hydrogen (secondary N) is 1. The van der Waals surface area contributed by atoms with Gasteiger partial charge in [-0.05, 0) is 31.2 Å². The van der Waals surface area contributed by atoms with Crippen LogP contribution in [-0.2, 0) is 6.61 Å². The Balaban J connectivity index is 1.82. The molecule has 0 saturated heterocycles. The van der Waals surface area contributed by atoms with E-state index in [2.05, 4.69) is 10.5 Å². The molecule has 1 aromatic heterocycles. The van der Waals surface area contributed by atoms with Gasteiger partial charge in [-0.3, -0.25) is 14.9 Å².